The van der Waals surface area contributed by atoms with Gasteiger partial charge in [0.15, 0.2) is 0 Å². The fourth-order valence-electron chi connectivity index (χ4n) is 1.24. The first-order chi connectivity index (χ1) is 6.65. The van der Waals surface area contributed by atoms with E-state index in [2.05, 4.69) is 17.9 Å². The Morgan fingerprint density at radius 3 is 3.07 bits per heavy atom. The summed E-state index contributed by atoms with van der Waals surface area (Å²) in [6, 6.07) is 0. The van der Waals surface area contributed by atoms with E-state index in [1.54, 1.807) is 7.11 Å². The molecule has 5 nitrogen and oxygen atoms in total. The van der Waals surface area contributed by atoms with Gasteiger partial charge in [-0.15, -0.1) is 12.6 Å². The Labute approximate surface area is 88.7 Å². The number of carbonyl (C=O) groups is 1. The SMILES string of the molecule is COCCCN1C(N)=CC(=O)NC1S. The molecule has 1 aliphatic heterocycles. The maximum atomic E-state index is 11.0. The molecule has 6 heteroatoms. The van der Waals surface area contributed by atoms with Crippen LogP contribution in [0.15, 0.2) is 11.9 Å². The average Bonchev–Trinajstić information content (AvgIpc) is 2.09. The second-order valence-electron chi connectivity index (χ2n) is 2.99. The largest absolute Gasteiger partial charge is 0.385 e. The number of nitrogens with one attached hydrogen (secondary N) is 1. The topological polar surface area (TPSA) is 67.6 Å². The third-order valence-corrected chi connectivity index (χ3v) is 2.33. The van der Waals surface area contributed by atoms with Crippen molar-refractivity contribution in [2.24, 2.45) is 5.73 Å². The van der Waals surface area contributed by atoms with Crippen molar-refractivity contribution in [3.05, 3.63) is 11.9 Å². The Morgan fingerprint density at radius 1 is 1.79 bits per heavy atom. The van der Waals surface area contributed by atoms with Crippen LogP contribution >= 0.6 is 12.6 Å². The summed E-state index contributed by atoms with van der Waals surface area (Å²) in [6.45, 7) is 1.38. The van der Waals surface area contributed by atoms with Crippen LogP contribution in [0, 0.1) is 0 Å². The normalized spacial score (nSPS) is 21.9. The zero-order valence-corrected chi connectivity index (χ0v) is 8.96. The Balaban J connectivity index is 2.49. The van der Waals surface area contributed by atoms with Crippen molar-refractivity contribution in [2.75, 3.05) is 20.3 Å². The molecule has 0 spiro atoms. The number of thiol groups is 1. The summed E-state index contributed by atoms with van der Waals surface area (Å²) in [4.78, 5) is 12.8. The number of methoxy groups -OCH3 is 1. The van der Waals surface area contributed by atoms with E-state index in [4.69, 9.17) is 10.5 Å². The molecule has 1 rings (SSSR count). The number of amides is 1. The lowest BCUT2D eigenvalue weighted by molar-refractivity contribution is -0.118. The van der Waals surface area contributed by atoms with Crippen LogP contribution < -0.4 is 11.1 Å². The first-order valence-corrected chi connectivity index (χ1v) is 4.88. The van der Waals surface area contributed by atoms with Crippen molar-refractivity contribution in [3.63, 3.8) is 0 Å². The highest BCUT2D eigenvalue weighted by Crippen LogP contribution is 2.11. The second-order valence-corrected chi connectivity index (χ2v) is 3.48. The van der Waals surface area contributed by atoms with E-state index in [0.717, 1.165) is 6.42 Å². The van der Waals surface area contributed by atoms with Crippen LogP contribution in [0.4, 0.5) is 0 Å². The predicted octanol–water partition coefficient (Wildman–Crippen LogP) is -0.532. The predicted molar refractivity (Wildman–Crippen MR) is 56.4 cm³/mol. The fraction of sp³-hybridized carbons (Fsp3) is 0.625. The molecule has 0 radical (unpaired) electrons. The zero-order chi connectivity index (χ0) is 10.6. The summed E-state index contributed by atoms with van der Waals surface area (Å²) < 4.78 is 4.93. The lowest BCUT2D eigenvalue weighted by Gasteiger charge is -2.33. The van der Waals surface area contributed by atoms with E-state index in [-0.39, 0.29) is 11.4 Å². The number of hydrogen-bond donors (Lipinski definition) is 3. The highest BCUT2D eigenvalue weighted by molar-refractivity contribution is 7.80. The van der Waals surface area contributed by atoms with Crippen molar-refractivity contribution < 1.29 is 9.53 Å². The van der Waals surface area contributed by atoms with Gasteiger partial charge in [-0.05, 0) is 6.42 Å². The highest BCUT2D eigenvalue weighted by atomic mass is 32.1. The number of nitrogens with two attached hydrogens (primary N) is 1. The monoisotopic (exact) mass is 217 g/mol. The van der Waals surface area contributed by atoms with Crippen molar-refractivity contribution in [3.8, 4) is 0 Å². The molecule has 1 heterocycles. The molecule has 1 amide bonds. The number of ether oxygens (including phenoxy) is 1. The minimum Gasteiger partial charge on any atom is -0.385 e. The Kier molecular flexibility index (Phi) is 4.09. The van der Waals surface area contributed by atoms with Gasteiger partial charge in [-0.1, -0.05) is 0 Å². The molecule has 0 bridgehead atoms. The molecule has 0 aromatic carbocycles. The summed E-state index contributed by atoms with van der Waals surface area (Å²) in [5.41, 5.74) is 5.34. The van der Waals surface area contributed by atoms with Gasteiger partial charge in [0.1, 0.15) is 11.3 Å². The third kappa shape index (κ3) is 2.81. The van der Waals surface area contributed by atoms with E-state index < -0.39 is 0 Å². The number of carbonyl (C=O) groups excluding carboxylic acids is 1. The molecular weight excluding hydrogens is 202 g/mol. The van der Waals surface area contributed by atoms with Gasteiger partial charge in [0.2, 0.25) is 5.91 Å². The molecular formula is C8H15N3O2S. The number of nitrogens with zero attached hydrogens (tertiary/aromatic N) is 1. The molecule has 0 fully saturated rings. The molecule has 0 saturated carbocycles. The van der Waals surface area contributed by atoms with E-state index in [1.807, 2.05) is 4.90 Å². The maximum absolute atomic E-state index is 11.0. The third-order valence-electron chi connectivity index (χ3n) is 1.92. The van der Waals surface area contributed by atoms with Gasteiger partial charge in [0.25, 0.3) is 0 Å². The van der Waals surface area contributed by atoms with Crippen molar-refractivity contribution in [1.29, 1.82) is 0 Å². The lowest BCUT2D eigenvalue weighted by Crippen LogP contribution is -2.50. The van der Waals surface area contributed by atoms with Crippen molar-refractivity contribution >= 4 is 18.5 Å². The summed E-state index contributed by atoms with van der Waals surface area (Å²) in [5.74, 6) is 0.246. The van der Waals surface area contributed by atoms with Crippen LogP contribution in [-0.2, 0) is 9.53 Å². The minimum absolute atomic E-state index is 0.203. The van der Waals surface area contributed by atoms with Crippen LogP contribution in [0.5, 0.6) is 0 Å². The summed E-state index contributed by atoms with van der Waals surface area (Å²) >= 11 is 4.21. The van der Waals surface area contributed by atoms with Crippen LogP contribution in [0.2, 0.25) is 0 Å². The molecule has 1 unspecified atom stereocenters. The molecule has 3 N–H and O–H groups in total. The first kappa shape index (κ1) is 11.2. The quantitative estimate of drug-likeness (QED) is 0.437. The summed E-state index contributed by atoms with van der Waals surface area (Å²) in [5, 5.41) is 2.64. The van der Waals surface area contributed by atoms with Gasteiger partial charge < -0.3 is 20.7 Å². The molecule has 0 aliphatic carbocycles. The molecule has 80 valence electrons. The van der Waals surface area contributed by atoms with E-state index in [9.17, 15) is 4.79 Å². The van der Waals surface area contributed by atoms with E-state index >= 15 is 0 Å². The van der Waals surface area contributed by atoms with Gasteiger partial charge in [0, 0.05) is 26.3 Å². The Bertz CT molecular complexity index is 245. The first-order valence-electron chi connectivity index (χ1n) is 4.36. The highest BCUT2D eigenvalue weighted by Gasteiger charge is 2.21. The zero-order valence-electron chi connectivity index (χ0n) is 8.06. The van der Waals surface area contributed by atoms with Crippen LogP contribution in [0.1, 0.15) is 6.42 Å². The summed E-state index contributed by atoms with van der Waals surface area (Å²) in [6.07, 6.45) is 2.21. The average molecular weight is 217 g/mol. The van der Waals surface area contributed by atoms with Gasteiger partial charge >= 0.3 is 0 Å². The van der Waals surface area contributed by atoms with Crippen LogP contribution in [-0.4, -0.2) is 36.6 Å². The molecule has 1 atom stereocenters. The number of rotatable bonds is 4. The van der Waals surface area contributed by atoms with E-state index in [0.29, 0.717) is 19.0 Å². The van der Waals surface area contributed by atoms with Gasteiger partial charge in [0.05, 0.1) is 0 Å². The molecule has 0 aromatic rings. The van der Waals surface area contributed by atoms with Crippen molar-refractivity contribution in [1.82, 2.24) is 10.2 Å². The van der Waals surface area contributed by atoms with Crippen molar-refractivity contribution in [2.45, 2.75) is 11.9 Å². The van der Waals surface area contributed by atoms with Crippen LogP contribution in [0.3, 0.4) is 0 Å². The molecule has 0 aromatic heterocycles. The minimum atomic E-state index is -0.343. The van der Waals surface area contributed by atoms with Gasteiger partial charge in [-0.25, -0.2) is 0 Å². The molecule has 0 saturated heterocycles. The van der Waals surface area contributed by atoms with Gasteiger partial charge in [-0.2, -0.15) is 0 Å². The Morgan fingerprint density at radius 2 is 2.50 bits per heavy atom. The Hall–Kier alpha value is -0.880. The standard InChI is InChI=1S/C8H15N3O2S/c1-13-4-2-3-11-6(9)5-7(12)10-8(11)14/h5,8,14H,2-4,9H2,1H3,(H,10,12). The lowest BCUT2D eigenvalue weighted by atomic mass is 10.3. The fourth-order valence-corrected chi connectivity index (χ4v) is 1.61. The molecule has 1 aliphatic rings. The van der Waals surface area contributed by atoms with Gasteiger partial charge in [-0.3, -0.25) is 4.79 Å². The van der Waals surface area contributed by atoms with Crippen LogP contribution in [0.25, 0.3) is 0 Å². The van der Waals surface area contributed by atoms with E-state index in [1.165, 1.54) is 6.08 Å². The second kappa shape index (κ2) is 5.11. The smallest absolute Gasteiger partial charge is 0.249 e. The molecule has 14 heavy (non-hydrogen) atoms. The maximum Gasteiger partial charge on any atom is 0.249 e. The number of hydrogen-bond acceptors (Lipinski definition) is 5. The summed E-state index contributed by atoms with van der Waals surface area (Å²) in [7, 11) is 1.65.